The van der Waals surface area contributed by atoms with Gasteiger partial charge in [-0.2, -0.15) is 5.10 Å². The zero-order valence-corrected chi connectivity index (χ0v) is 18.0. The maximum atomic E-state index is 13.5. The van der Waals surface area contributed by atoms with Crippen LogP contribution in [0.3, 0.4) is 0 Å². The van der Waals surface area contributed by atoms with Crippen molar-refractivity contribution in [2.75, 3.05) is 32.2 Å². The number of fused-ring (bicyclic) bond motifs is 2. The highest BCUT2D eigenvalue weighted by molar-refractivity contribution is 6.03. The second-order valence-corrected chi connectivity index (χ2v) is 7.92. The lowest BCUT2D eigenvalue weighted by molar-refractivity contribution is -0.123. The van der Waals surface area contributed by atoms with E-state index in [0.717, 1.165) is 11.1 Å². The molecule has 0 spiro atoms. The van der Waals surface area contributed by atoms with Gasteiger partial charge in [0.15, 0.2) is 5.69 Å². The van der Waals surface area contributed by atoms with Gasteiger partial charge < -0.3 is 19.3 Å². The lowest BCUT2D eigenvalue weighted by Gasteiger charge is -2.33. The van der Waals surface area contributed by atoms with Crippen molar-refractivity contribution in [3.05, 3.63) is 71.4 Å². The fourth-order valence-corrected chi connectivity index (χ4v) is 4.40. The molecule has 3 heterocycles. The molecule has 0 N–H and O–H groups in total. The molecule has 1 aromatic heterocycles. The van der Waals surface area contributed by atoms with Crippen molar-refractivity contribution in [3.63, 3.8) is 0 Å². The van der Waals surface area contributed by atoms with Gasteiger partial charge in [-0.15, -0.1) is 0 Å². The summed E-state index contributed by atoms with van der Waals surface area (Å²) in [6.07, 6.45) is 0.555. The number of aromatic nitrogens is 2. The molecule has 3 aromatic rings. The third kappa shape index (κ3) is 3.28. The largest absolute Gasteiger partial charge is 0.489 e. The van der Waals surface area contributed by atoms with Crippen molar-refractivity contribution in [1.82, 2.24) is 14.7 Å². The van der Waals surface area contributed by atoms with E-state index in [4.69, 9.17) is 9.47 Å². The molecule has 2 aromatic carbocycles. The Morgan fingerprint density at radius 1 is 1.09 bits per heavy atom. The third-order valence-electron chi connectivity index (χ3n) is 6.05. The summed E-state index contributed by atoms with van der Waals surface area (Å²) in [5, 5.41) is 4.58. The number of anilines is 1. The maximum absolute atomic E-state index is 13.5. The quantitative estimate of drug-likeness (QED) is 0.633. The van der Waals surface area contributed by atoms with E-state index in [9.17, 15) is 9.59 Å². The van der Waals surface area contributed by atoms with Gasteiger partial charge in [0.1, 0.15) is 18.4 Å². The van der Waals surface area contributed by atoms with Crippen LogP contribution in [0, 0.1) is 0 Å². The van der Waals surface area contributed by atoms with Crippen LogP contribution in [-0.2, 0) is 17.8 Å². The van der Waals surface area contributed by atoms with E-state index in [1.165, 1.54) is 0 Å². The summed E-state index contributed by atoms with van der Waals surface area (Å²) in [7, 11) is 3.30. The summed E-state index contributed by atoms with van der Waals surface area (Å²) in [6, 6.07) is 16.5. The highest BCUT2D eigenvalue weighted by Gasteiger charge is 2.41. The summed E-state index contributed by atoms with van der Waals surface area (Å²) in [6.45, 7) is 0.986. The fraction of sp³-hybridized carbons (Fsp3) is 0.292. The van der Waals surface area contributed by atoms with Crippen LogP contribution in [0.2, 0.25) is 0 Å². The fourth-order valence-electron chi connectivity index (χ4n) is 4.40. The van der Waals surface area contributed by atoms with Crippen LogP contribution >= 0.6 is 0 Å². The highest BCUT2D eigenvalue weighted by Crippen LogP contribution is 2.33. The van der Waals surface area contributed by atoms with Gasteiger partial charge in [0.2, 0.25) is 5.88 Å². The lowest BCUT2D eigenvalue weighted by Crippen LogP contribution is -2.54. The third-order valence-corrected chi connectivity index (χ3v) is 6.05. The number of methoxy groups -OCH3 is 1. The SMILES string of the molecule is COc1c2c(nn1Cc1ccccc1)C(=O)N([C@H]1COc3ccccc3N(C)C1=O)CC2. The first-order valence-corrected chi connectivity index (χ1v) is 10.6. The molecule has 8 nitrogen and oxygen atoms in total. The normalized spacial score (nSPS) is 18.0. The van der Waals surface area contributed by atoms with E-state index in [2.05, 4.69) is 5.10 Å². The summed E-state index contributed by atoms with van der Waals surface area (Å²) in [4.78, 5) is 29.8. The van der Waals surface area contributed by atoms with Crippen LogP contribution in [0.5, 0.6) is 11.6 Å². The number of carbonyl (C=O) groups excluding carboxylic acids is 2. The number of para-hydroxylation sites is 2. The molecule has 5 rings (SSSR count). The van der Waals surface area contributed by atoms with Crippen LogP contribution in [-0.4, -0.2) is 59.8 Å². The Balaban J connectivity index is 1.44. The van der Waals surface area contributed by atoms with Crippen LogP contribution in [0.15, 0.2) is 54.6 Å². The number of nitrogens with zero attached hydrogens (tertiary/aromatic N) is 4. The Morgan fingerprint density at radius 2 is 1.84 bits per heavy atom. The molecule has 0 bridgehead atoms. The average molecular weight is 432 g/mol. The number of likely N-dealkylation sites (N-methyl/N-ethyl adjacent to an activating group) is 1. The molecule has 0 saturated heterocycles. The molecule has 2 aliphatic heterocycles. The number of hydrogen-bond donors (Lipinski definition) is 0. The molecule has 0 saturated carbocycles. The number of rotatable bonds is 4. The zero-order valence-electron chi connectivity index (χ0n) is 18.0. The van der Waals surface area contributed by atoms with E-state index < -0.39 is 6.04 Å². The minimum Gasteiger partial charge on any atom is -0.489 e. The standard InChI is InChI=1S/C24H24N4O4/c1-26-18-10-6-7-11-20(18)32-15-19(22(26)29)27-13-12-17-21(23(27)30)25-28(24(17)31-2)14-16-8-4-3-5-9-16/h3-11,19H,12-15H2,1-2H3/t19-/m0/s1. The number of benzene rings is 2. The van der Waals surface area contributed by atoms with Crippen LogP contribution in [0.1, 0.15) is 21.6 Å². The van der Waals surface area contributed by atoms with Gasteiger partial charge in [-0.25, -0.2) is 4.68 Å². The topological polar surface area (TPSA) is 76.9 Å². The van der Waals surface area contributed by atoms with Crippen molar-refractivity contribution in [2.24, 2.45) is 0 Å². The van der Waals surface area contributed by atoms with Gasteiger partial charge in [-0.3, -0.25) is 9.59 Å². The van der Waals surface area contributed by atoms with E-state index in [-0.39, 0.29) is 18.4 Å². The first-order valence-electron chi connectivity index (χ1n) is 10.6. The van der Waals surface area contributed by atoms with E-state index >= 15 is 0 Å². The van der Waals surface area contributed by atoms with Gasteiger partial charge in [-0.05, 0) is 24.1 Å². The molecule has 1 atom stereocenters. The molecule has 2 aliphatic rings. The summed E-state index contributed by atoms with van der Waals surface area (Å²) in [5.74, 6) is 0.759. The minimum absolute atomic E-state index is 0.100. The Labute approximate surface area is 185 Å². The molecular formula is C24H24N4O4. The van der Waals surface area contributed by atoms with Crippen molar-refractivity contribution < 1.29 is 19.1 Å². The predicted octanol–water partition coefficient (Wildman–Crippen LogP) is 2.36. The Hall–Kier alpha value is -3.81. The number of carbonyl (C=O) groups is 2. The van der Waals surface area contributed by atoms with Gasteiger partial charge in [-0.1, -0.05) is 42.5 Å². The van der Waals surface area contributed by atoms with Crippen molar-refractivity contribution in [3.8, 4) is 11.6 Å². The molecule has 8 heteroatoms. The second-order valence-electron chi connectivity index (χ2n) is 7.92. The summed E-state index contributed by atoms with van der Waals surface area (Å²) >= 11 is 0. The first kappa shape index (κ1) is 20.1. The van der Waals surface area contributed by atoms with Crippen LogP contribution in [0.4, 0.5) is 5.69 Å². The zero-order chi connectivity index (χ0) is 22.2. The number of amides is 2. The first-order chi connectivity index (χ1) is 15.6. The molecular weight excluding hydrogens is 408 g/mol. The average Bonchev–Trinajstić information content (AvgIpc) is 3.12. The van der Waals surface area contributed by atoms with E-state index in [0.29, 0.717) is 42.5 Å². The molecule has 0 fully saturated rings. The Morgan fingerprint density at radius 3 is 2.62 bits per heavy atom. The molecule has 164 valence electrons. The van der Waals surface area contributed by atoms with Crippen LogP contribution in [0.25, 0.3) is 0 Å². The smallest absolute Gasteiger partial charge is 0.275 e. The summed E-state index contributed by atoms with van der Waals surface area (Å²) < 4.78 is 13.2. The van der Waals surface area contributed by atoms with Crippen molar-refractivity contribution in [2.45, 2.75) is 19.0 Å². The second kappa shape index (κ2) is 8.03. The molecule has 2 amide bonds. The van der Waals surface area contributed by atoms with Gasteiger partial charge in [0, 0.05) is 19.2 Å². The monoisotopic (exact) mass is 432 g/mol. The highest BCUT2D eigenvalue weighted by atomic mass is 16.5. The number of hydrogen-bond acceptors (Lipinski definition) is 5. The lowest BCUT2D eigenvalue weighted by atomic mass is 10.0. The van der Waals surface area contributed by atoms with E-state index in [1.807, 2.05) is 54.6 Å². The summed E-state index contributed by atoms with van der Waals surface area (Å²) in [5.41, 5.74) is 2.87. The van der Waals surface area contributed by atoms with Gasteiger partial charge in [0.05, 0.1) is 19.3 Å². The van der Waals surface area contributed by atoms with E-state index in [1.54, 1.807) is 28.6 Å². The molecule has 0 unspecified atom stereocenters. The Kier molecular flexibility index (Phi) is 5.05. The van der Waals surface area contributed by atoms with Crippen molar-refractivity contribution in [1.29, 1.82) is 0 Å². The van der Waals surface area contributed by atoms with Crippen molar-refractivity contribution >= 4 is 17.5 Å². The van der Waals surface area contributed by atoms with Gasteiger partial charge in [0.25, 0.3) is 11.8 Å². The molecule has 32 heavy (non-hydrogen) atoms. The maximum Gasteiger partial charge on any atom is 0.275 e. The molecule has 0 radical (unpaired) electrons. The minimum atomic E-state index is -0.724. The van der Waals surface area contributed by atoms with Gasteiger partial charge >= 0.3 is 0 Å². The predicted molar refractivity (Wildman–Crippen MR) is 118 cm³/mol. The van der Waals surface area contributed by atoms with Crippen LogP contribution < -0.4 is 14.4 Å². The molecule has 0 aliphatic carbocycles. The number of ether oxygens (including phenoxy) is 2. The Bertz CT molecular complexity index is 1170.